The number of methoxy groups -OCH3 is 1. The molecule has 4 rings (SSSR count). The van der Waals surface area contributed by atoms with Crippen LogP contribution < -0.4 is 19.3 Å². The van der Waals surface area contributed by atoms with Crippen molar-refractivity contribution in [2.75, 3.05) is 43.1 Å². The molecule has 2 saturated heterocycles. The Morgan fingerprint density at radius 3 is 2.50 bits per heavy atom. The quantitative estimate of drug-likeness (QED) is 0.774. The number of piperidine rings is 1. The van der Waals surface area contributed by atoms with Crippen molar-refractivity contribution in [1.82, 2.24) is 4.98 Å². The van der Waals surface area contributed by atoms with E-state index in [0.29, 0.717) is 11.6 Å². The highest BCUT2D eigenvalue weighted by atomic mass is 19.1. The van der Waals surface area contributed by atoms with Crippen molar-refractivity contribution in [1.29, 1.82) is 0 Å². The minimum atomic E-state index is -0.315. The fourth-order valence-electron chi connectivity index (χ4n) is 4.17. The average molecular weight is 385 g/mol. The maximum Gasteiger partial charge on any atom is 0.215 e. The Morgan fingerprint density at radius 2 is 1.82 bits per heavy atom. The molecule has 1 aromatic heterocycles. The first-order valence-electron chi connectivity index (χ1n) is 10.1. The summed E-state index contributed by atoms with van der Waals surface area (Å²) < 4.78 is 25.6. The van der Waals surface area contributed by atoms with E-state index in [1.54, 1.807) is 13.2 Å². The summed E-state index contributed by atoms with van der Waals surface area (Å²) in [5.41, 5.74) is 1.82. The summed E-state index contributed by atoms with van der Waals surface area (Å²) in [4.78, 5) is 8.40. The Hall–Kier alpha value is -2.50. The van der Waals surface area contributed by atoms with E-state index in [1.165, 1.54) is 24.7 Å². The minimum Gasteiger partial charge on any atom is -0.490 e. The van der Waals surface area contributed by atoms with Crippen LogP contribution in [0.25, 0.3) is 0 Å². The van der Waals surface area contributed by atoms with Crippen LogP contribution in [0.1, 0.15) is 26.2 Å². The molecule has 1 aromatic carbocycles. The van der Waals surface area contributed by atoms with Gasteiger partial charge in [0.2, 0.25) is 5.88 Å². The van der Waals surface area contributed by atoms with Crippen molar-refractivity contribution in [2.45, 2.75) is 32.3 Å². The molecule has 2 aromatic rings. The van der Waals surface area contributed by atoms with E-state index < -0.39 is 0 Å². The number of aromatic nitrogens is 1. The van der Waals surface area contributed by atoms with E-state index >= 15 is 0 Å². The summed E-state index contributed by atoms with van der Waals surface area (Å²) in [6.07, 6.45) is 4.75. The largest absolute Gasteiger partial charge is 0.490 e. The zero-order chi connectivity index (χ0) is 19.5. The van der Waals surface area contributed by atoms with E-state index in [4.69, 9.17) is 9.47 Å². The molecule has 0 spiro atoms. The lowest BCUT2D eigenvalue weighted by molar-refractivity contribution is 0.121. The standard InChI is InChI=1S/C22H28FN3O2/c1-16-15-26(20-13-22(27-2)24-14-19(20)23)12-9-21(16)28-18-7-5-17(6-8-18)25-10-3-4-11-25/h5-8,13-14,16,21H,3-4,9-12,15H2,1-2H3. The molecule has 2 aliphatic rings. The molecule has 28 heavy (non-hydrogen) atoms. The summed E-state index contributed by atoms with van der Waals surface area (Å²) in [6, 6.07) is 10.1. The van der Waals surface area contributed by atoms with Gasteiger partial charge in [0.25, 0.3) is 0 Å². The van der Waals surface area contributed by atoms with Crippen LogP contribution in [0.4, 0.5) is 15.8 Å². The topological polar surface area (TPSA) is 37.8 Å². The average Bonchev–Trinajstić information content (AvgIpc) is 3.25. The van der Waals surface area contributed by atoms with Gasteiger partial charge in [-0.05, 0) is 37.1 Å². The molecular formula is C22H28FN3O2. The van der Waals surface area contributed by atoms with Crippen LogP contribution in [0.5, 0.6) is 11.6 Å². The molecule has 0 amide bonds. The number of pyridine rings is 1. The van der Waals surface area contributed by atoms with Crippen LogP contribution in [0.3, 0.4) is 0 Å². The molecule has 2 aliphatic heterocycles. The van der Waals surface area contributed by atoms with Crippen LogP contribution in [0, 0.1) is 11.7 Å². The summed E-state index contributed by atoms with van der Waals surface area (Å²) in [7, 11) is 1.54. The molecule has 6 heteroatoms. The molecule has 5 nitrogen and oxygen atoms in total. The second kappa shape index (κ2) is 8.25. The van der Waals surface area contributed by atoms with Crippen molar-refractivity contribution < 1.29 is 13.9 Å². The van der Waals surface area contributed by atoms with Gasteiger partial charge in [0.1, 0.15) is 11.9 Å². The predicted molar refractivity (Wildman–Crippen MR) is 109 cm³/mol. The third-order valence-corrected chi connectivity index (χ3v) is 5.78. The lowest BCUT2D eigenvalue weighted by Gasteiger charge is -2.38. The van der Waals surface area contributed by atoms with E-state index in [0.717, 1.165) is 38.3 Å². The number of hydrogen-bond donors (Lipinski definition) is 0. The molecule has 2 unspecified atom stereocenters. The number of halogens is 1. The van der Waals surface area contributed by atoms with Gasteiger partial charge in [0, 0.05) is 50.3 Å². The van der Waals surface area contributed by atoms with Gasteiger partial charge in [0.05, 0.1) is 19.0 Å². The summed E-state index contributed by atoms with van der Waals surface area (Å²) in [6.45, 7) is 5.93. The van der Waals surface area contributed by atoms with Crippen LogP contribution in [-0.4, -0.2) is 44.4 Å². The molecule has 0 radical (unpaired) electrons. The van der Waals surface area contributed by atoms with Gasteiger partial charge in [-0.3, -0.25) is 0 Å². The van der Waals surface area contributed by atoms with Crippen molar-refractivity contribution in [3.63, 3.8) is 0 Å². The first-order valence-corrected chi connectivity index (χ1v) is 10.1. The van der Waals surface area contributed by atoms with Gasteiger partial charge in [-0.2, -0.15) is 0 Å². The number of hydrogen-bond acceptors (Lipinski definition) is 5. The fraction of sp³-hybridized carbons (Fsp3) is 0.500. The summed E-state index contributed by atoms with van der Waals surface area (Å²) in [5, 5.41) is 0. The highest BCUT2D eigenvalue weighted by Crippen LogP contribution is 2.30. The number of rotatable bonds is 5. The van der Waals surface area contributed by atoms with Gasteiger partial charge >= 0.3 is 0 Å². The lowest BCUT2D eigenvalue weighted by atomic mass is 9.96. The smallest absolute Gasteiger partial charge is 0.215 e. The zero-order valence-electron chi connectivity index (χ0n) is 16.6. The predicted octanol–water partition coefficient (Wildman–Crippen LogP) is 4.12. The van der Waals surface area contributed by atoms with Gasteiger partial charge in [-0.25, -0.2) is 9.37 Å². The number of anilines is 2. The zero-order valence-corrected chi connectivity index (χ0v) is 16.6. The van der Waals surface area contributed by atoms with Crippen LogP contribution in [0.15, 0.2) is 36.5 Å². The number of nitrogens with zero attached hydrogens (tertiary/aromatic N) is 3. The van der Waals surface area contributed by atoms with E-state index in [-0.39, 0.29) is 17.8 Å². The minimum absolute atomic E-state index is 0.126. The fourth-order valence-corrected chi connectivity index (χ4v) is 4.17. The van der Waals surface area contributed by atoms with Crippen molar-refractivity contribution >= 4 is 11.4 Å². The van der Waals surface area contributed by atoms with E-state index in [2.05, 4.69) is 46.0 Å². The maximum absolute atomic E-state index is 14.2. The van der Waals surface area contributed by atoms with Crippen LogP contribution >= 0.6 is 0 Å². The molecule has 2 atom stereocenters. The van der Waals surface area contributed by atoms with Crippen LogP contribution in [-0.2, 0) is 0 Å². The highest BCUT2D eigenvalue weighted by Gasteiger charge is 2.29. The second-order valence-electron chi connectivity index (χ2n) is 7.73. The molecule has 3 heterocycles. The third kappa shape index (κ3) is 4.01. The van der Waals surface area contributed by atoms with Gasteiger partial charge in [-0.15, -0.1) is 0 Å². The van der Waals surface area contributed by atoms with E-state index in [1.807, 2.05) is 0 Å². The first kappa shape index (κ1) is 18.8. The highest BCUT2D eigenvalue weighted by molar-refractivity contribution is 5.51. The normalized spacial score (nSPS) is 22.4. The second-order valence-corrected chi connectivity index (χ2v) is 7.73. The van der Waals surface area contributed by atoms with Gasteiger partial charge < -0.3 is 19.3 Å². The lowest BCUT2D eigenvalue weighted by Crippen LogP contribution is -2.44. The first-order chi connectivity index (χ1) is 13.6. The number of benzene rings is 1. The van der Waals surface area contributed by atoms with Gasteiger partial charge in [-0.1, -0.05) is 6.92 Å². The van der Waals surface area contributed by atoms with Crippen molar-refractivity contribution in [3.05, 3.63) is 42.3 Å². The van der Waals surface area contributed by atoms with Gasteiger partial charge in [0.15, 0.2) is 5.82 Å². The Morgan fingerprint density at radius 1 is 1.07 bits per heavy atom. The summed E-state index contributed by atoms with van der Waals surface area (Å²) in [5.74, 6) is 1.31. The third-order valence-electron chi connectivity index (χ3n) is 5.78. The van der Waals surface area contributed by atoms with Crippen LogP contribution in [0.2, 0.25) is 0 Å². The molecule has 150 valence electrons. The van der Waals surface area contributed by atoms with E-state index in [9.17, 15) is 4.39 Å². The summed E-state index contributed by atoms with van der Waals surface area (Å²) >= 11 is 0. The SMILES string of the molecule is COc1cc(N2CCC(Oc3ccc(N4CCCC4)cc3)C(C)C2)c(F)cn1. The Balaban J connectivity index is 1.38. The Kier molecular flexibility index (Phi) is 5.55. The molecule has 0 N–H and O–H groups in total. The number of ether oxygens (including phenoxy) is 2. The van der Waals surface area contributed by atoms with Crippen molar-refractivity contribution in [3.8, 4) is 11.6 Å². The molecule has 0 aliphatic carbocycles. The molecule has 0 bridgehead atoms. The molecule has 0 saturated carbocycles. The van der Waals surface area contributed by atoms with Crippen molar-refractivity contribution in [2.24, 2.45) is 5.92 Å². The monoisotopic (exact) mass is 385 g/mol. The Bertz CT molecular complexity index is 793. The molecular weight excluding hydrogens is 357 g/mol. The Labute approximate surface area is 166 Å². The molecule has 2 fully saturated rings. The maximum atomic E-state index is 14.2.